The van der Waals surface area contributed by atoms with Gasteiger partial charge in [-0.3, -0.25) is 13.9 Å². The van der Waals surface area contributed by atoms with Gasteiger partial charge >= 0.3 is 5.69 Å². The van der Waals surface area contributed by atoms with Crippen molar-refractivity contribution in [3.63, 3.8) is 0 Å². The lowest BCUT2D eigenvalue weighted by Crippen LogP contribution is -2.51. The van der Waals surface area contributed by atoms with Crippen molar-refractivity contribution in [1.82, 2.24) is 14.1 Å². The minimum atomic E-state index is -0.578. The first-order valence-corrected chi connectivity index (χ1v) is 6.69. The van der Waals surface area contributed by atoms with Crippen molar-refractivity contribution in [2.45, 2.75) is 52.6 Å². The first-order valence-electron chi connectivity index (χ1n) is 6.69. The molecule has 20 heavy (non-hydrogen) atoms. The molecule has 0 radical (unpaired) electrons. The summed E-state index contributed by atoms with van der Waals surface area (Å²) in [6.45, 7) is 11.3. The summed E-state index contributed by atoms with van der Waals surface area (Å²) in [5.41, 5.74) is -1.20. The second-order valence-electron chi connectivity index (χ2n) is 6.97. The van der Waals surface area contributed by atoms with Crippen LogP contribution in [-0.2, 0) is 11.1 Å². The summed E-state index contributed by atoms with van der Waals surface area (Å²) in [5.74, 6) is 0. The Labute approximate surface area is 117 Å². The fourth-order valence-corrected chi connectivity index (χ4v) is 2.34. The number of rotatable bonds is 0. The van der Waals surface area contributed by atoms with Crippen LogP contribution in [0.1, 0.15) is 41.5 Å². The van der Waals surface area contributed by atoms with Gasteiger partial charge in [-0.15, -0.1) is 0 Å². The Bertz CT molecular complexity index is 771. The molecule has 0 aliphatic heterocycles. The van der Waals surface area contributed by atoms with Gasteiger partial charge in [0.25, 0.3) is 5.56 Å². The van der Waals surface area contributed by atoms with E-state index in [-0.39, 0.29) is 11.2 Å². The first-order chi connectivity index (χ1) is 9.05. The van der Waals surface area contributed by atoms with Crippen LogP contribution in [0, 0.1) is 0 Å². The molecule has 2 aromatic heterocycles. The van der Waals surface area contributed by atoms with Crippen LogP contribution in [0.15, 0.2) is 27.9 Å². The van der Waals surface area contributed by atoms with Crippen LogP contribution in [0.25, 0.3) is 11.0 Å². The van der Waals surface area contributed by atoms with Crippen molar-refractivity contribution < 1.29 is 0 Å². The van der Waals surface area contributed by atoms with Gasteiger partial charge in [0.1, 0.15) is 5.65 Å². The van der Waals surface area contributed by atoms with E-state index in [1.807, 2.05) is 41.5 Å². The van der Waals surface area contributed by atoms with E-state index < -0.39 is 11.1 Å². The molecule has 2 heterocycles. The molecule has 0 saturated carbocycles. The summed E-state index contributed by atoms with van der Waals surface area (Å²) >= 11 is 0. The molecule has 0 fully saturated rings. The summed E-state index contributed by atoms with van der Waals surface area (Å²) < 4.78 is 2.90. The van der Waals surface area contributed by atoms with Gasteiger partial charge in [0.2, 0.25) is 0 Å². The van der Waals surface area contributed by atoms with Crippen LogP contribution < -0.4 is 11.2 Å². The highest BCUT2D eigenvalue weighted by atomic mass is 16.2. The summed E-state index contributed by atoms with van der Waals surface area (Å²) in [4.78, 5) is 29.6. The number of aromatic nitrogens is 3. The Morgan fingerprint density at radius 1 is 0.950 bits per heavy atom. The number of nitrogens with zero attached hydrogens (tertiary/aromatic N) is 3. The van der Waals surface area contributed by atoms with E-state index in [4.69, 9.17) is 0 Å². The third-order valence-electron chi connectivity index (χ3n) is 3.16. The predicted octanol–water partition coefficient (Wildman–Crippen LogP) is 2.07. The van der Waals surface area contributed by atoms with E-state index >= 15 is 0 Å². The lowest BCUT2D eigenvalue weighted by molar-refractivity contribution is 0.320. The van der Waals surface area contributed by atoms with E-state index in [0.717, 1.165) is 0 Å². The number of hydrogen-bond acceptors (Lipinski definition) is 3. The molecule has 0 N–H and O–H groups in total. The SMILES string of the molecule is CC(C)(C)n1c(=O)c2cccnc2n(C(C)(C)C)c1=O. The molecular weight excluding hydrogens is 254 g/mol. The molecule has 0 bridgehead atoms. The summed E-state index contributed by atoms with van der Waals surface area (Å²) in [5, 5.41) is 0.469. The van der Waals surface area contributed by atoms with Crippen molar-refractivity contribution >= 4 is 11.0 Å². The molecule has 0 spiro atoms. The normalized spacial score (nSPS) is 12.9. The lowest BCUT2D eigenvalue weighted by atomic mass is 10.1. The van der Waals surface area contributed by atoms with Crippen LogP contribution in [0.2, 0.25) is 0 Å². The minimum Gasteiger partial charge on any atom is -0.272 e. The van der Waals surface area contributed by atoms with E-state index in [1.165, 1.54) is 4.57 Å². The Morgan fingerprint density at radius 2 is 1.50 bits per heavy atom. The van der Waals surface area contributed by atoms with Crippen LogP contribution in [0.3, 0.4) is 0 Å². The summed E-state index contributed by atoms with van der Waals surface area (Å²) in [7, 11) is 0. The highest BCUT2D eigenvalue weighted by molar-refractivity contribution is 5.73. The molecule has 2 aromatic rings. The topological polar surface area (TPSA) is 56.9 Å². The zero-order valence-corrected chi connectivity index (χ0v) is 12.9. The largest absolute Gasteiger partial charge is 0.333 e. The molecule has 0 aromatic carbocycles. The second-order valence-corrected chi connectivity index (χ2v) is 6.97. The van der Waals surface area contributed by atoms with Crippen molar-refractivity contribution in [3.8, 4) is 0 Å². The van der Waals surface area contributed by atoms with E-state index in [2.05, 4.69) is 4.98 Å². The lowest BCUT2D eigenvalue weighted by Gasteiger charge is -2.28. The van der Waals surface area contributed by atoms with E-state index in [9.17, 15) is 9.59 Å². The van der Waals surface area contributed by atoms with Gasteiger partial charge in [-0.05, 0) is 53.7 Å². The zero-order valence-electron chi connectivity index (χ0n) is 12.9. The molecule has 0 saturated heterocycles. The maximum Gasteiger partial charge on any atom is 0.333 e. The van der Waals surface area contributed by atoms with Crippen LogP contribution >= 0.6 is 0 Å². The van der Waals surface area contributed by atoms with Crippen molar-refractivity contribution in [3.05, 3.63) is 39.2 Å². The standard InChI is InChI=1S/C15H21N3O2/c1-14(2,3)17-11-10(8-7-9-16-11)12(19)18(13(17)20)15(4,5)6/h7-9H,1-6H3. The fourth-order valence-electron chi connectivity index (χ4n) is 2.34. The zero-order chi connectivity index (χ0) is 15.3. The second kappa shape index (κ2) is 4.30. The monoisotopic (exact) mass is 275 g/mol. The third-order valence-corrected chi connectivity index (χ3v) is 3.16. The summed E-state index contributed by atoms with van der Waals surface area (Å²) in [6.07, 6.45) is 1.60. The smallest absolute Gasteiger partial charge is 0.272 e. The molecule has 5 heteroatoms. The fraction of sp³-hybridized carbons (Fsp3) is 0.533. The van der Waals surface area contributed by atoms with Crippen LogP contribution in [0.5, 0.6) is 0 Å². The Kier molecular flexibility index (Phi) is 3.11. The Balaban J connectivity index is 3.14. The Morgan fingerprint density at radius 3 is 2.00 bits per heavy atom. The van der Waals surface area contributed by atoms with E-state index in [1.54, 1.807) is 22.9 Å². The number of fused-ring (bicyclic) bond motifs is 1. The highest BCUT2D eigenvalue weighted by Crippen LogP contribution is 2.18. The molecule has 2 rings (SSSR count). The quantitative estimate of drug-likeness (QED) is 0.739. The average Bonchev–Trinajstić information content (AvgIpc) is 2.25. The average molecular weight is 275 g/mol. The molecule has 0 unspecified atom stereocenters. The molecule has 5 nitrogen and oxygen atoms in total. The first kappa shape index (κ1) is 14.5. The van der Waals surface area contributed by atoms with Gasteiger partial charge in [0.15, 0.2) is 0 Å². The van der Waals surface area contributed by atoms with Gasteiger partial charge in [-0.1, -0.05) is 0 Å². The van der Waals surface area contributed by atoms with Crippen molar-refractivity contribution in [1.29, 1.82) is 0 Å². The van der Waals surface area contributed by atoms with Crippen LogP contribution in [0.4, 0.5) is 0 Å². The maximum atomic E-state index is 12.8. The molecule has 0 aliphatic rings. The molecule has 0 amide bonds. The maximum absolute atomic E-state index is 12.8. The van der Waals surface area contributed by atoms with E-state index in [0.29, 0.717) is 11.0 Å². The van der Waals surface area contributed by atoms with Crippen molar-refractivity contribution in [2.75, 3.05) is 0 Å². The van der Waals surface area contributed by atoms with Gasteiger partial charge < -0.3 is 0 Å². The molecule has 108 valence electrons. The number of hydrogen-bond donors (Lipinski definition) is 0. The Hall–Kier alpha value is -1.91. The van der Waals surface area contributed by atoms with Gasteiger partial charge in [-0.2, -0.15) is 0 Å². The number of pyridine rings is 1. The molecule has 0 atom stereocenters. The minimum absolute atomic E-state index is 0.286. The van der Waals surface area contributed by atoms with Gasteiger partial charge in [0, 0.05) is 17.3 Å². The summed E-state index contributed by atoms with van der Waals surface area (Å²) in [6, 6.07) is 3.43. The molecular formula is C15H21N3O2. The van der Waals surface area contributed by atoms with Crippen molar-refractivity contribution in [2.24, 2.45) is 0 Å². The highest BCUT2D eigenvalue weighted by Gasteiger charge is 2.27. The molecule has 0 aliphatic carbocycles. The predicted molar refractivity (Wildman–Crippen MR) is 80.3 cm³/mol. The van der Waals surface area contributed by atoms with Crippen LogP contribution in [-0.4, -0.2) is 14.1 Å². The van der Waals surface area contributed by atoms with Gasteiger partial charge in [-0.25, -0.2) is 9.78 Å². The van der Waals surface area contributed by atoms with Gasteiger partial charge in [0.05, 0.1) is 5.39 Å². The third kappa shape index (κ3) is 2.17.